The Morgan fingerprint density at radius 3 is 2.38 bits per heavy atom. The van der Waals surface area contributed by atoms with E-state index >= 15 is 0 Å². The standard InChI is InChI=1S/C11H21NO3S/c1-9(2)16(14,15)11(13)4-3-10-5-7-12-8-6-10/h9-10,12H,3-8H2,1-2H3. The summed E-state index contributed by atoms with van der Waals surface area (Å²) in [6.07, 6.45) is 3.00. The van der Waals surface area contributed by atoms with Crippen LogP contribution in [0.3, 0.4) is 0 Å². The summed E-state index contributed by atoms with van der Waals surface area (Å²) < 4.78 is 23.1. The first kappa shape index (κ1) is 13.6. The van der Waals surface area contributed by atoms with Gasteiger partial charge in [0.05, 0.1) is 5.25 Å². The first-order chi connectivity index (χ1) is 7.44. The minimum atomic E-state index is -3.53. The van der Waals surface area contributed by atoms with Gasteiger partial charge in [-0.3, -0.25) is 4.79 Å². The van der Waals surface area contributed by atoms with Gasteiger partial charge in [0.2, 0.25) is 15.0 Å². The molecule has 0 atom stereocenters. The summed E-state index contributed by atoms with van der Waals surface area (Å²) in [5.41, 5.74) is 0. The van der Waals surface area contributed by atoms with Gasteiger partial charge < -0.3 is 5.32 Å². The van der Waals surface area contributed by atoms with Gasteiger partial charge in [-0.1, -0.05) is 0 Å². The molecule has 0 unspecified atom stereocenters. The van der Waals surface area contributed by atoms with Gasteiger partial charge in [0.25, 0.3) is 0 Å². The maximum Gasteiger partial charge on any atom is 0.246 e. The van der Waals surface area contributed by atoms with E-state index in [9.17, 15) is 13.2 Å². The fraction of sp³-hybridized carbons (Fsp3) is 0.909. The monoisotopic (exact) mass is 247 g/mol. The van der Waals surface area contributed by atoms with Crippen LogP contribution >= 0.6 is 0 Å². The zero-order valence-corrected chi connectivity index (χ0v) is 10.8. The van der Waals surface area contributed by atoms with Crippen molar-refractivity contribution in [2.75, 3.05) is 13.1 Å². The molecule has 1 N–H and O–H groups in total. The summed E-state index contributed by atoms with van der Waals surface area (Å²) in [6.45, 7) is 5.07. The molecule has 0 aromatic heterocycles. The number of hydrogen-bond acceptors (Lipinski definition) is 4. The maximum atomic E-state index is 11.5. The minimum absolute atomic E-state index is 0.186. The van der Waals surface area contributed by atoms with Crippen LogP contribution in [-0.2, 0) is 14.6 Å². The van der Waals surface area contributed by atoms with Crippen molar-refractivity contribution in [1.82, 2.24) is 5.32 Å². The van der Waals surface area contributed by atoms with Crippen LogP contribution in [0.1, 0.15) is 39.5 Å². The molecule has 1 saturated heterocycles. The Balaban J connectivity index is 2.40. The fourth-order valence-electron chi connectivity index (χ4n) is 1.90. The molecule has 0 aromatic carbocycles. The molecule has 5 heteroatoms. The average molecular weight is 247 g/mol. The molecule has 1 aliphatic heterocycles. The van der Waals surface area contributed by atoms with E-state index in [0.29, 0.717) is 12.3 Å². The van der Waals surface area contributed by atoms with Crippen LogP contribution in [0.25, 0.3) is 0 Å². The molecule has 16 heavy (non-hydrogen) atoms. The van der Waals surface area contributed by atoms with Crippen molar-refractivity contribution in [2.24, 2.45) is 5.92 Å². The van der Waals surface area contributed by atoms with E-state index in [0.717, 1.165) is 25.9 Å². The first-order valence-electron chi connectivity index (χ1n) is 5.92. The molecule has 1 heterocycles. The summed E-state index contributed by atoms with van der Waals surface area (Å²) in [5.74, 6) is 0.507. The molecule has 0 radical (unpaired) electrons. The third-order valence-corrected chi connectivity index (χ3v) is 5.23. The highest BCUT2D eigenvalue weighted by molar-refractivity contribution is 8.06. The van der Waals surface area contributed by atoms with Crippen LogP contribution < -0.4 is 5.32 Å². The van der Waals surface area contributed by atoms with Gasteiger partial charge in [0.1, 0.15) is 0 Å². The molecule has 4 nitrogen and oxygen atoms in total. The molecule has 0 aliphatic carbocycles. The number of carbonyl (C=O) groups is 1. The lowest BCUT2D eigenvalue weighted by atomic mass is 9.93. The van der Waals surface area contributed by atoms with E-state index in [4.69, 9.17) is 0 Å². The molecule has 0 saturated carbocycles. The maximum absolute atomic E-state index is 11.5. The molecular weight excluding hydrogens is 226 g/mol. The number of sulfone groups is 1. The van der Waals surface area contributed by atoms with Crippen molar-refractivity contribution < 1.29 is 13.2 Å². The highest BCUT2D eigenvalue weighted by Crippen LogP contribution is 2.19. The summed E-state index contributed by atoms with van der Waals surface area (Å²) in [7, 11) is -3.53. The van der Waals surface area contributed by atoms with Gasteiger partial charge in [0.15, 0.2) is 0 Å². The zero-order chi connectivity index (χ0) is 12.2. The second-order valence-electron chi connectivity index (χ2n) is 4.70. The van der Waals surface area contributed by atoms with Gasteiger partial charge in [0, 0.05) is 6.42 Å². The van der Waals surface area contributed by atoms with Gasteiger partial charge in [-0.25, -0.2) is 8.42 Å². The Morgan fingerprint density at radius 2 is 1.88 bits per heavy atom. The molecule has 94 valence electrons. The van der Waals surface area contributed by atoms with Crippen LogP contribution in [0.2, 0.25) is 0 Å². The van der Waals surface area contributed by atoms with Crippen LogP contribution in [0.15, 0.2) is 0 Å². The molecule has 0 bridgehead atoms. The van der Waals surface area contributed by atoms with Gasteiger partial charge in [-0.2, -0.15) is 0 Å². The van der Waals surface area contributed by atoms with Gasteiger partial charge >= 0.3 is 0 Å². The third-order valence-electron chi connectivity index (χ3n) is 3.15. The molecule has 1 fully saturated rings. The average Bonchev–Trinajstić information content (AvgIpc) is 2.27. The van der Waals surface area contributed by atoms with E-state index in [2.05, 4.69) is 5.32 Å². The molecule has 1 rings (SSSR count). The number of nitrogens with one attached hydrogen (secondary N) is 1. The van der Waals surface area contributed by atoms with Crippen molar-refractivity contribution in [1.29, 1.82) is 0 Å². The van der Waals surface area contributed by atoms with E-state index in [1.165, 1.54) is 0 Å². The van der Waals surface area contributed by atoms with Crippen molar-refractivity contribution in [3.8, 4) is 0 Å². The minimum Gasteiger partial charge on any atom is -0.317 e. The molecule has 0 aromatic rings. The van der Waals surface area contributed by atoms with E-state index in [1.54, 1.807) is 13.8 Å². The first-order valence-corrected chi connectivity index (χ1v) is 7.46. The summed E-state index contributed by atoms with van der Waals surface area (Å²) >= 11 is 0. The highest BCUT2D eigenvalue weighted by Gasteiger charge is 2.26. The summed E-state index contributed by atoms with van der Waals surface area (Å²) in [4.78, 5) is 11.5. The largest absolute Gasteiger partial charge is 0.317 e. The smallest absolute Gasteiger partial charge is 0.246 e. The third kappa shape index (κ3) is 3.56. The van der Waals surface area contributed by atoms with E-state index < -0.39 is 20.2 Å². The Bertz CT molecular complexity index is 329. The fourth-order valence-corrected chi connectivity index (χ4v) is 2.83. The van der Waals surface area contributed by atoms with Crippen molar-refractivity contribution >= 4 is 15.0 Å². The lowest BCUT2D eigenvalue weighted by molar-refractivity contribution is -0.112. The Labute approximate surface area is 97.7 Å². The quantitative estimate of drug-likeness (QED) is 0.808. The predicted octanol–water partition coefficient (Wildman–Crippen LogP) is 1.12. The highest BCUT2D eigenvalue weighted by atomic mass is 32.2. The van der Waals surface area contributed by atoms with Crippen molar-refractivity contribution in [3.63, 3.8) is 0 Å². The lowest BCUT2D eigenvalue weighted by Crippen LogP contribution is -2.29. The predicted molar refractivity (Wildman–Crippen MR) is 63.9 cm³/mol. The number of piperidine rings is 1. The Hall–Kier alpha value is -0.420. The lowest BCUT2D eigenvalue weighted by Gasteiger charge is -2.22. The number of hydrogen-bond donors (Lipinski definition) is 1. The van der Waals surface area contributed by atoms with Crippen LogP contribution in [0.5, 0.6) is 0 Å². The van der Waals surface area contributed by atoms with Crippen LogP contribution in [-0.4, -0.2) is 31.9 Å². The SMILES string of the molecule is CC(C)S(=O)(=O)C(=O)CCC1CCNCC1. The second-order valence-corrected chi connectivity index (χ2v) is 7.19. The molecule has 0 spiro atoms. The molecular formula is C11H21NO3S. The van der Waals surface area contributed by atoms with Crippen molar-refractivity contribution in [3.05, 3.63) is 0 Å². The number of carbonyl (C=O) groups excluding carboxylic acids is 1. The topological polar surface area (TPSA) is 63.2 Å². The van der Waals surface area contributed by atoms with Gasteiger partial charge in [-0.05, 0) is 52.1 Å². The zero-order valence-electron chi connectivity index (χ0n) is 10.0. The van der Waals surface area contributed by atoms with E-state index in [1.807, 2.05) is 0 Å². The van der Waals surface area contributed by atoms with E-state index in [-0.39, 0.29) is 6.42 Å². The van der Waals surface area contributed by atoms with Crippen LogP contribution in [0.4, 0.5) is 0 Å². The Kier molecular flexibility index (Phi) is 4.92. The van der Waals surface area contributed by atoms with Gasteiger partial charge in [-0.15, -0.1) is 0 Å². The molecule has 0 amide bonds. The summed E-state index contributed by atoms with van der Waals surface area (Å²) in [5, 5.41) is 2.08. The van der Waals surface area contributed by atoms with Crippen molar-refractivity contribution in [2.45, 2.75) is 44.8 Å². The normalized spacial score (nSPS) is 18.9. The Morgan fingerprint density at radius 1 is 1.31 bits per heavy atom. The molecule has 1 aliphatic rings. The second kappa shape index (κ2) is 5.77. The van der Waals surface area contributed by atoms with Crippen LogP contribution in [0, 0.1) is 5.92 Å². The number of rotatable bonds is 4. The summed E-state index contributed by atoms with van der Waals surface area (Å²) in [6, 6.07) is 0.